The van der Waals surface area contributed by atoms with Crippen molar-refractivity contribution in [3.63, 3.8) is 0 Å². The van der Waals surface area contributed by atoms with E-state index in [-0.39, 0.29) is 30.1 Å². The largest absolute Gasteiger partial charge is 0.373 e. The van der Waals surface area contributed by atoms with Crippen molar-refractivity contribution in [1.82, 2.24) is 10.6 Å². The molecule has 2 N–H and O–H groups in total. The van der Waals surface area contributed by atoms with Crippen molar-refractivity contribution in [2.24, 2.45) is 16.3 Å². The fourth-order valence-electron chi connectivity index (χ4n) is 4.35. The van der Waals surface area contributed by atoms with Crippen LogP contribution < -0.4 is 10.6 Å². The summed E-state index contributed by atoms with van der Waals surface area (Å²) in [5.74, 6) is 1.42. The molecule has 146 valence electrons. The molecule has 3 rings (SSSR count). The van der Waals surface area contributed by atoms with E-state index in [0.717, 1.165) is 32.1 Å². The second-order valence-corrected chi connectivity index (χ2v) is 7.62. The Morgan fingerprint density at radius 2 is 1.92 bits per heavy atom. The molecule has 2 unspecified atom stereocenters. The lowest BCUT2D eigenvalue weighted by Gasteiger charge is -2.29. The predicted molar refractivity (Wildman–Crippen MR) is 119 cm³/mol. The van der Waals surface area contributed by atoms with Crippen LogP contribution >= 0.6 is 24.0 Å². The lowest BCUT2D eigenvalue weighted by Crippen LogP contribution is -2.44. The van der Waals surface area contributed by atoms with E-state index in [1.54, 1.807) is 0 Å². The number of nitrogens with one attached hydrogen (secondary N) is 2. The predicted octanol–water partition coefficient (Wildman–Crippen LogP) is 4.52. The Labute approximate surface area is 175 Å². The first kappa shape index (κ1) is 21.5. The summed E-state index contributed by atoms with van der Waals surface area (Å²) in [6, 6.07) is 10.6. The molecule has 2 fully saturated rings. The zero-order chi connectivity index (χ0) is 17.5. The molecule has 1 saturated carbocycles. The first-order valence-electron chi connectivity index (χ1n) is 9.87. The van der Waals surface area contributed by atoms with E-state index in [2.05, 4.69) is 52.9 Å². The highest BCUT2D eigenvalue weighted by molar-refractivity contribution is 14.0. The molecular formula is C21H34IN3O. The average Bonchev–Trinajstić information content (AvgIpc) is 3.32. The van der Waals surface area contributed by atoms with Crippen molar-refractivity contribution in [2.75, 3.05) is 26.7 Å². The summed E-state index contributed by atoms with van der Waals surface area (Å²) in [4.78, 5) is 4.43. The number of benzene rings is 1. The van der Waals surface area contributed by atoms with Crippen LogP contribution in [-0.4, -0.2) is 32.7 Å². The van der Waals surface area contributed by atoms with E-state index in [1.807, 2.05) is 7.05 Å². The maximum Gasteiger partial charge on any atom is 0.191 e. The number of aliphatic imine (C=N–C) groups is 1. The van der Waals surface area contributed by atoms with Crippen molar-refractivity contribution < 1.29 is 4.74 Å². The average molecular weight is 471 g/mol. The van der Waals surface area contributed by atoms with Crippen LogP contribution in [-0.2, 0) is 4.74 Å². The number of ether oxygens (including phenoxy) is 1. The molecule has 2 aliphatic rings. The van der Waals surface area contributed by atoms with Crippen molar-refractivity contribution in [3.8, 4) is 0 Å². The SMILES string of the molecule is CCC1(CNC(=NC)NCC2CCOC2c2ccccc2)CCCC1.I. The Balaban J connectivity index is 0.00000243. The van der Waals surface area contributed by atoms with Gasteiger partial charge in [0.25, 0.3) is 0 Å². The Hall–Kier alpha value is -0.820. The van der Waals surface area contributed by atoms with Gasteiger partial charge in [-0.1, -0.05) is 50.1 Å². The van der Waals surface area contributed by atoms with Gasteiger partial charge in [-0.2, -0.15) is 0 Å². The van der Waals surface area contributed by atoms with Crippen molar-refractivity contribution in [2.45, 2.75) is 51.6 Å². The molecule has 1 aromatic carbocycles. The molecule has 1 heterocycles. The Morgan fingerprint density at radius 1 is 1.19 bits per heavy atom. The molecule has 0 aromatic heterocycles. The van der Waals surface area contributed by atoms with Gasteiger partial charge in [0.15, 0.2) is 5.96 Å². The Bertz CT molecular complexity index is 558. The second-order valence-electron chi connectivity index (χ2n) is 7.62. The van der Waals surface area contributed by atoms with Gasteiger partial charge in [-0.05, 0) is 36.7 Å². The maximum atomic E-state index is 5.99. The van der Waals surface area contributed by atoms with Gasteiger partial charge in [0.2, 0.25) is 0 Å². The summed E-state index contributed by atoms with van der Waals surface area (Å²) in [6.45, 7) is 5.10. The molecule has 0 amide bonds. The topological polar surface area (TPSA) is 45.7 Å². The van der Waals surface area contributed by atoms with E-state index in [1.165, 1.54) is 37.7 Å². The third-order valence-electron chi connectivity index (χ3n) is 6.14. The van der Waals surface area contributed by atoms with E-state index < -0.39 is 0 Å². The van der Waals surface area contributed by atoms with Crippen LogP contribution in [0.15, 0.2) is 35.3 Å². The van der Waals surface area contributed by atoms with Gasteiger partial charge in [0, 0.05) is 32.7 Å². The zero-order valence-corrected chi connectivity index (χ0v) is 18.5. The summed E-state index contributed by atoms with van der Waals surface area (Å²) in [6.07, 6.45) is 7.99. The minimum Gasteiger partial charge on any atom is -0.373 e. The minimum absolute atomic E-state index is 0. The summed E-state index contributed by atoms with van der Waals surface area (Å²) >= 11 is 0. The monoisotopic (exact) mass is 471 g/mol. The van der Waals surface area contributed by atoms with Crippen LogP contribution in [0.3, 0.4) is 0 Å². The third kappa shape index (κ3) is 5.35. The van der Waals surface area contributed by atoms with Crippen molar-refractivity contribution in [3.05, 3.63) is 35.9 Å². The number of halogens is 1. The molecular weight excluding hydrogens is 437 g/mol. The van der Waals surface area contributed by atoms with Crippen LogP contribution in [0.25, 0.3) is 0 Å². The summed E-state index contributed by atoms with van der Waals surface area (Å²) in [5, 5.41) is 7.12. The molecule has 0 radical (unpaired) electrons. The normalized spacial score (nSPS) is 24.9. The van der Waals surface area contributed by atoms with E-state index in [4.69, 9.17) is 4.74 Å². The zero-order valence-electron chi connectivity index (χ0n) is 16.2. The smallest absolute Gasteiger partial charge is 0.191 e. The van der Waals surface area contributed by atoms with Crippen LogP contribution in [0.1, 0.15) is 57.1 Å². The van der Waals surface area contributed by atoms with Crippen molar-refractivity contribution >= 4 is 29.9 Å². The van der Waals surface area contributed by atoms with Crippen LogP contribution in [0.5, 0.6) is 0 Å². The molecule has 5 heteroatoms. The quantitative estimate of drug-likeness (QED) is 0.365. The molecule has 1 aliphatic carbocycles. The number of nitrogens with zero attached hydrogens (tertiary/aromatic N) is 1. The lowest BCUT2D eigenvalue weighted by molar-refractivity contribution is 0.0915. The standard InChI is InChI=1S/C21H33N3O.HI/c1-3-21(12-7-8-13-21)16-24-20(22-2)23-15-18-11-14-25-19(18)17-9-5-4-6-10-17;/h4-6,9-10,18-19H,3,7-8,11-16H2,1-2H3,(H2,22,23,24);1H. The van der Waals surface area contributed by atoms with Gasteiger partial charge in [0.1, 0.15) is 0 Å². The highest BCUT2D eigenvalue weighted by Gasteiger charge is 2.32. The van der Waals surface area contributed by atoms with E-state index in [0.29, 0.717) is 11.3 Å². The Kier molecular flexibility index (Phi) is 8.67. The van der Waals surface area contributed by atoms with E-state index in [9.17, 15) is 0 Å². The lowest BCUT2D eigenvalue weighted by atomic mass is 9.83. The molecule has 0 spiro atoms. The van der Waals surface area contributed by atoms with Gasteiger partial charge in [0.05, 0.1) is 6.10 Å². The fourth-order valence-corrected chi connectivity index (χ4v) is 4.35. The third-order valence-corrected chi connectivity index (χ3v) is 6.14. The van der Waals surface area contributed by atoms with E-state index >= 15 is 0 Å². The van der Waals surface area contributed by atoms with Gasteiger partial charge in [-0.15, -0.1) is 24.0 Å². The van der Waals surface area contributed by atoms with Gasteiger partial charge in [-0.25, -0.2) is 0 Å². The Morgan fingerprint density at radius 3 is 2.58 bits per heavy atom. The summed E-state index contributed by atoms with van der Waals surface area (Å²) in [5.41, 5.74) is 1.76. The number of hydrogen-bond donors (Lipinski definition) is 2. The van der Waals surface area contributed by atoms with Crippen molar-refractivity contribution in [1.29, 1.82) is 0 Å². The fraction of sp³-hybridized carbons (Fsp3) is 0.667. The van der Waals surface area contributed by atoms with Crippen LogP contribution in [0.4, 0.5) is 0 Å². The summed E-state index contributed by atoms with van der Waals surface area (Å²) < 4.78 is 5.99. The van der Waals surface area contributed by atoms with Crippen LogP contribution in [0.2, 0.25) is 0 Å². The first-order chi connectivity index (χ1) is 12.3. The molecule has 4 nitrogen and oxygen atoms in total. The minimum atomic E-state index is 0. The highest BCUT2D eigenvalue weighted by atomic mass is 127. The summed E-state index contributed by atoms with van der Waals surface area (Å²) in [7, 11) is 1.86. The molecule has 1 aliphatic heterocycles. The molecule has 1 saturated heterocycles. The molecule has 2 atom stereocenters. The molecule has 1 aromatic rings. The molecule has 0 bridgehead atoms. The van der Waals surface area contributed by atoms with Gasteiger partial charge >= 0.3 is 0 Å². The first-order valence-corrected chi connectivity index (χ1v) is 9.87. The van der Waals surface area contributed by atoms with Gasteiger partial charge in [-0.3, -0.25) is 4.99 Å². The number of rotatable bonds is 6. The van der Waals surface area contributed by atoms with Gasteiger partial charge < -0.3 is 15.4 Å². The number of guanidine groups is 1. The maximum absolute atomic E-state index is 5.99. The number of hydrogen-bond acceptors (Lipinski definition) is 2. The second kappa shape index (κ2) is 10.5. The highest BCUT2D eigenvalue weighted by Crippen LogP contribution is 2.40. The van der Waals surface area contributed by atoms with Crippen LogP contribution in [0, 0.1) is 11.3 Å². The molecule has 26 heavy (non-hydrogen) atoms.